The summed E-state index contributed by atoms with van der Waals surface area (Å²) in [7, 11) is 0. The van der Waals surface area contributed by atoms with E-state index in [-0.39, 0.29) is 0 Å². The number of nitrogens with zero attached hydrogens (tertiary/aromatic N) is 4. The normalized spacial score (nSPS) is 12.4. The second-order valence-corrected chi connectivity index (χ2v) is 10.5. The van der Waals surface area contributed by atoms with Gasteiger partial charge in [-0.15, -0.1) is 0 Å². The molecule has 5 nitrogen and oxygen atoms in total. The summed E-state index contributed by atoms with van der Waals surface area (Å²) in [6.07, 6.45) is 0. The first kappa shape index (κ1) is 22.9. The van der Waals surface area contributed by atoms with Gasteiger partial charge in [0.05, 0.1) is 33.4 Å². The molecular formula is C37H24N4O. The molecule has 0 aliphatic carbocycles. The number of anilines is 3. The van der Waals surface area contributed by atoms with Gasteiger partial charge in [-0.25, -0.2) is 4.98 Å². The van der Waals surface area contributed by atoms with Gasteiger partial charge in [-0.3, -0.25) is 9.13 Å². The van der Waals surface area contributed by atoms with Crippen LogP contribution in [0, 0.1) is 0 Å². The van der Waals surface area contributed by atoms with Crippen LogP contribution in [-0.4, -0.2) is 14.1 Å². The van der Waals surface area contributed by atoms with Gasteiger partial charge in [0.2, 0.25) is 5.95 Å². The standard InChI is InChI=1S/C37H24N4O/c1-3-13-25(14-4-1)39-32-21-11-12-22-35(32)42-36-24-33-29(23-34(36)39)38-37(40(33)26-15-5-2-6-16-26)41-30-19-9-7-17-27(30)28-18-8-10-20-31(28)41/h1-24H. The van der Waals surface area contributed by atoms with Gasteiger partial charge in [-0.2, -0.15) is 0 Å². The van der Waals surface area contributed by atoms with Crippen LogP contribution in [0.5, 0.6) is 11.5 Å². The number of aromatic nitrogens is 3. The van der Waals surface area contributed by atoms with Gasteiger partial charge in [-0.05, 0) is 54.6 Å². The minimum atomic E-state index is 0.788. The van der Waals surface area contributed by atoms with Crippen molar-refractivity contribution in [2.75, 3.05) is 4.90 Å². The Morgan fingerprint density at radius 1 is 0.452 bits per heavy atom. The van der Waals surface area contributed by atoms with Crippen molar-refractivity contribution < 1.29 is 4.74 Å². The van der Waals surface area contributed by atoms with Crippen molar-refractivity contribution >= 4 is 49.9 Å². The number of imidazole rings is 1. The predicted octanol–water partition coefficient (Wildman–Crippen LogP) is 9.70. The zero-order chi connectivity index (χ0) is 27.6. The molecule has 5 heteroatoms. The number of hydrogen-bond donors (Lipinski definition) is 0. The van der Waals surface area contributed by atoms with Crippen molar-refractivity contribution in [2.45, 2.75) is 0 Å². The van der Waals surface area contributed by atoms with E-state index in [1.165, 1.54) is 10.8 Å². The van der Waals surface area contributed by atoms with Crippen LogP contribution < -0.4 is 9.64 Å². The minimum Gasteiger partial charge on any atom is -0.453 e. The Morgan fingerprint density at radius 2 is 1.05 bits per heavy atom. The summed E-state index contributed by atoms with van der Waals surface area (Å²) in [4.78, 5) is 7.63. The Morgan fingerprint density at radius 3 is 1.76 bits per heavy atom. The number of ether oxygens (including phenoxy) is 1. The van der Waals surface area contributed by atoms with E-state index in [1.807, 2.05) is 30.3 Å². The Bertz CT molecular complexity index is 2230. The molecule has 1 aliphatic heterocycles. The highest BCUT2D eigenvalue weighted by atomic mass is 16.5. The third-order valence-electron chi connectivity index (χ3n) is 8.09. The number of hydrogen-bond acceptors (Lipinski definition) is 3. The van der Waals surface area contributed by atoms with Crippen LogP contribution in [0.3, 0.4) is 0 Å². The summed E-state index contributed by atoms with van der Waals surface area (Å²) in [6.45, 7) is 0. The summed E-state index contributed by atoms with van der Waals surface area (Å²) in [5, 5.41) is 2.40. The first-order valence-electron chi connectivity index (χ1n) is 14.1. The largest absolute Gasteiger partial charge is 0.453 e. The molecule has 0 spiro atoms. The van der Waals surface area contributed by atoms with E-state index in [4.69, 9.17) is 9.72 Å². The molecule has 2 aromatic heterocycles. The van der Waals surface area contributed by atoms with Crippen LogP contribution in [0.1, 0.15) is 0 Å². The van der Waals surface area contributed by atoms with Gasteiger partial charge >= 0.3 is 0 Å². The van der Waals surface area contributed by atoms with E-state index in [2.05, 4.69) is 129 Å². The molecule has 42 heavy (non-hydrogen) atoms. The van der Waals surface area contributed by atoms with Gasteiger partial charge < -0.3 is 9.64 Å². The topological polar surface area (TPSA) is 35.2 Å². The maximum absolute atomic E-state index is 6.58. The van der Waals surface area contributed by atoms with E-state index >= 15 is 0 Å². The summed E-state index contributed by atoms with van der Waals surface area (Å²) >= 11 is 0. The van der Waals surface area contributed by atoms with E-state index in [0.717, 1.165) is 62.3 Å². The molecule has 0 radical (unpaired) electrons. The highest BCUT2D eigenvalue weighted by Gasteiger charge is 2.28. The number of para-hydroxylation sites is 6. The molecule has 0 N–H and O–H groups in total. The molecule has 9 rings (SSSR count). The van der Waals surface area contributed by atoms with Crippen LogP contribution in [0.15, 0.2) is 146 Å². The maximum atomic E-state index is 6.58. The molecule has 0 saturated carbocycles. The lowest BCUT2D eigenvalue weighted by Gasteiger charge is -2.32. The van der Waals surface area contributed by atoms with Gasteiger partial charge in [-0.1, -0.05) is 84.9 Å². The highest BCUT2D eigenvalue weighted by molar-refractivity contribution is 6.09. The number of benzene rings is 6. The lowest BCUT2D eigenvalue weighted by atomic mass is 10.1. The molecule has 0 bridgehead atoms. The minimum absolute atomic E-state index is 0.788. The number of rotatable bonds is 3. The first-order chi connectivity index (χ1) is 20.8. The van der Waals surface area contributed by atoms with Gasteiger partial charge in [0, 0.05) is 28.2 Å². The molecule has 0 atom stereocenters. The third-order valence-corrected chi connectivity index (χ3v) is 8.09. The van der Waals surface area contributed by atoms with E-state index in [9.17, 15) is 0 Å². The molecular weight excluding hydrogens is 516 g/mol. The Balaban J connectivity index is 1.38. The van der Waals surface area contributed by atoms with Gasteiger partial charge in [0.25, 0.3) is 0 Å². The van der Waals surface area contributed by atoms with Crippen LogP contribution in [-0.2, 0) is 0 Å². The highest BCUT2D eigenvalue weighted by Crippen LogP contribution is 2.51. The summed E-state index contributed by atoms with van der Waals surface area (Å²) in [6, 6.07) is 50.4. The van der Waals surface area contributed by atoms with Crippen LogP contribution in [0.25, 0.3) is 44.5 Å². The lowest BCUT2D eigenvalue weighted by molar-refractivity contribution is 0.477. The van der Waals surface area contributed by atoms with Crippen molar-refractivity contribution in [3.8, 4) is 23.1 Å². The average Bonchev–Trinajstić information content (AvgIpc) is 3.58. The van der Waals surface area contributed by atoms with E-state index in [0.29, 0.717) is 0 Å². The fraction of sp³-hybridized carbons (Fsp3) is 0. The maximum Gasteiger partial charge on any atom is 0.220 e. The molecule has 8 aromatic rings. The second kappa shape index (κ2) is 8.85. The average molecular weight is 541 g/mol. The Hall–Kier alpha value is -5.81. The second-order valence-electron chi connectivity index (χ2n) is 10.5. The Kier molecular flexibility index (Phi) is 4.83. The predicted molar refractivity (Wildman–Crippen MR) is 170 cm³/mol. The SMILES string of the molecule is c1ccc(N2c3ccccc3Oc3cc4c(cc32)nc(-n2c3ccccc3c3ccccc32)n4-c2ccccc2)cc1. The molecule has 6 aromatic carbocycles. The van der Waals surface area contributed by atoms with E-state index in [1.54, 1.807) is 0 Å². The van der Waals surface area contributed by atoms with Crippen molar-refractivity contribution in [1.82, 2.24) is 14.1 Å². The monoisotopic (exact) mass is 540 g/mol. The lowest BCUT2D eigenvalue weighted by Crippen LogP contribution is -2.15. The van der Waals surface area contributed by atoms with Crippen LogP contribution in [0.2, 0.25) is 0 Å². The van der Waals surface area contributed by atoms with Crippen molar-refractivity contribution in [3.63, 3.8) is 0 Å². The zero-order valence-corrected chi connectivity index (χ0v) is 22.6. The van der Waals surface area contributed by atoms with E-state index < -0.39 is 0 Å². The molecule has 0 unspecified atom stereocenters. The Labute approximate surface area is 242 Å². The van der Waals surface area contributed by atoms with Gasteiger partial charge in [0.15, 0.2) is 11.5 Å². The van der Waals surface area contributed by atoms with Gasteiger partial charge in [0.1, 0.15) is 0 Å². The van der Waals surface area contributed by atoms with Crippen molar-refractivity contribution in [3.05, 3.63) is 146 Å². The first-order valence-corrected chi connectivity index (χ1v) is 14.1. The molecule has 198 valence electrons. The molecule has 1 aliphatic rings. The fourth-order valence-electron chi connectivity index (χ4n) is 6.29. The fourth-order valence-corrected chi connectivity index (χ4v) is 6.29. The summed E-state index contributed by atoms with van der Waals surface area (Å²) < 4.78 is 11.1. The molecule has 0 fully saturated rings. The van der Waals surface area contributed by atoms with Crippen molar-refractivity contribution in [2.24, 2.45) is 0 Å². The molecule has 0 saturated heterocycles. The van der Waals surface area contributed by atoms with Crippen LogP contribution >= 0.6 is 0 Å². The zero-order valence-electron chi connectivity index (χ0n) is 22.6. The molecule has 3 heterocycles. The summed E-state index contributed by atoms with van der Waals surface area (Å²) in [5.41, 5.74) is 8.16. The molecule has 0 amide bonds. The summed E-state index contributed by atoms with van der Waals surface area (Å²) in [5.74, 6) is 2.44. The third kappa shape index (κ3) is 3.28. The smallest absolute Gasteiger partial charge is 0.220 e. The number of fused-ring (bicyclic) bond motifs is 6. The quantitative estimate of drug-likeness (QED) is 0.224. The van der Waals surface area contributed by atoms with Crippen molar-refractivity contribution in [1.29, 1.82) is 0 Å². The van der Waals surface area contributed by atoms with Crippen LogP contribution in [0.4, 0.5) is 17.1 Å².